The van der Waals surface area contributed by atoms with Gasteiger partial charge in [-0.3, -0.25) is 9.59 Å². The lowest BCUT2D eigenvalue weighted by Crippen LogP contribution is -2.35. The topological polar surface area (TPSA) is 149 Å². The fourth-order valence-electron chi connectivity index (χ4n) is 3.13. The number of nitrogen functional groups attached to an aromatic ring is 1. The van der Waals surface area contributed by atoms with Crippen molar-refractivity contribution in [3.63, 3.8) is 0 Å². The van der Waals surface area contributed by atoms with E-state index in [1.807, 2.05) is 12.1 Å². The highest BCUT2D eigenvalue weighted by atomic mass is 32.1. The van der Waals surface area contributed by atoms with Crippen molar-refractivity contribution in [2.24, 2.45) is 5.73 Å². The van der Waals surface area contributed by atoms with Crippen LogP contribution in [0.4, 0.5) is 5.00 Å². The van der Waals surface area contributed by atoms with Crippen LogP contribution in [0.3, 0.4) is 0 Å². The maximum absolute atomic E-state index is 12.2. The molecule has 2 aromatic heterocycles. The molecule has 4 rings (SSSR count). The molecule has 0 radical (unpaired) electrons. The number of benzene rings is 1. The van der Waals surface area contributed by atoms with E-state index in [4.69, 9.17) is 16.0 Å². The lowest BCUT2D eigenvalue weighted by molar-refractivity contribution is -0.144. The number of carbonyl (C=O) groups excluding carboxylic acids is 2. The average molecular weight is 399 g/mol. The van der Waals surface area contributed by atoms with E-state index < -0.39 is 17.4 Å². The Kier molecular flexibility index (Phi) is 4.16. The van der Waals surface area contributed by atoms with Gasteiger partial charge in [0.1, 0.15) is 15.7 Å². The largest absolute Gasteiger partial charge is 0.389 e. The van der Waals surface area contributed by atoms with Gasteiger partial charge in [0.25, 0.3) is 11.8 Å². The van der Waals surface area contributed by atoms with Gasteiger partial charge in [-0.15, -0.1) is 0 Å². The highest BCUT2D eigenvalue weighted by molar-refractivity contribution is 7.19. The number of aliphatic hydroxyl groups is 1. The maximum atomic E-state index is 12.2. The van der Waals surface area contributed by atoms with Gasteiger partial charge < -0.3 is 26.0 Å². The molecule has 0 aliphatic carbocycles. The minimum Gasteiger partial charge on any atom is -0.389 e. The zero-order valence-corrected chi connectivity index (χ0v) is 15.7. The molecule has 10 heteroatoms. The summed E-state index contributed by atoms with van der Waals surface area (Å²) >= 11 is 1.16. The van der Waals surface area contributed by atoms with Crippen LogP contribution >= 0.6 is 11.3 Å². The van der Waals surface area contributed by atoms with Crippen LogP contribution in [0.5, 0.6) is 0 Å². The van der Waals surface area contributed by atoms with Gasteiger partial charge in [-0.1, -0.05) is 34.7 Å². The lowest BCUT2D eigenvalue weighted by Gasteiger charge is -2.16. The number of aromatic nitrogens is 2. The second-order valence-corrected chi connectivity index (χ2v) is 7.62. The number of rotatable bonds is 4. The second kappa shape index (κ2) is 6.43. The SMILES string of the molecule is CN1CCC(O)(c2cc(-c3cccc(-c4nc(C(N)=O)c(N)s4)c3)no2)C1=O. The molecule has 28 heavy (non-hydrogen) atoms. The van der Waals surface area contributed by atoms with Crippen LogP contribution in [0.2, 0.25) is 0 Å². The summed E-state index contributed by atoms with van der Waals surface area (Å²) in [5.74, 6) is -0.991. The highest BCUT2D eigenvalue weighted by Gasteiger charge is 2.48. The van der Waals surface area contributed by atoms with Gasteiger partial charge in [0, 0.05) is 37.2 Å². The normalized spacial score (nSPS) is 19.4. The summed E-state index contributed by atoms with van der Waals surface area (Å²) in [6.07, 6.45) is 0.241. The summed E-state index contributed by atoms with van der Waals surface area (Å²) in [4.78, 5) is 29.3. The Morgan fingerprint density at radius 3 is 2.75 bits per heavy atom. The van der Waals surface area contributed by atoms with Crippen molar-refractivity contribution < 1.29 is 19.2 Å². The van der Waals surface area contributed by atoms with Crippen molar-refractivity contribution in [3.05, 3.63) is 41.8 Å². The number of nitrogens with two attached hydrogens (primary N) is 2. The monoisotopic (exact) mass is 399 g/mol. The minimum atomic E-state index is -1.70. The second-order valence-electron chi connectivity index (χ2n) is 6.59. The summed E-state index contributed by atoms with van der Waals surface area (Å²) in [5.41, 5.74) is 11.3. The molecule has 1 fully saturated rings. The molecule has 144 valence electrons. The molecule has 0 spiro atoms. The molecular weight excluding hydrogens is 382 g/mol. The average Bonchev–Trinajstić information content (AvgIpc) is 3.38. The molecule has 1 saturated heterocycles. The molecule has 1 unspecified atom stereocenters. The van der Waals surface area contributed by atoms with E-state index in [2.05, 4.69) is 10.1 Å². The number of likely N-dealkylation sites (N-methyl/N-ethyl adjacent to an activating group) is 1. The van der Waals surface area contributed by atoms with E-state index in [-0.39, 0.29) is 22.9 Å². The Hall–Kier alpha value is -3.24. The van der Waals surface area contributed by atoms with Crippen molar-refractivity contribution in [2.45, 2.75) is 12.0 Å². The van der Waals surface area contributed by atoms with Gasteiger partial charge >= 0.3 is 0 Å². The third-order valence-electron chi connectivity index (χ3n) is 4.72. The number of amides is 2. The first-order valence-corrected chi connectivity index (χ1v) is 9.23. The minimum absolute atomic E-state index is 0.0419. The number of thiazole rings is 1. The number of nitrogens with zero attached hydrogens (tertiary/aromatic N) is 3. The third kappa shape index (κ3) is 2.83. The Labute approximate surface area is 163 Å². The Morgan fingerprint density at radius 2 is 2.11 bits per heavy atom. The van der Waals surface area contributed by atoms with E-state index in [0.717, 1.165) is 16.9 Å². The van der Waals surface area contributed by atoms with Crippen LogP contribution in [0.15, 0.2) is 34.9 Å². The Bertz CT molecular complexity index is 1090. The molecular formula is C18H17N5O4S. The number of carbonyl (C=O) groups is 2. The van der Waals surface area contributed by atoms with Gasteiger partial charge in [-0.25, -0.2) is 4.98 Å². The zero-order chi connectivity index (χ0) is 20.1. The molecule has 9 nitrogen and oxygen atoms in total. The number of likely N-dealkylation sites (tertiary alicyclic amines) is 1. The Balaban J connectivity index is 1.68. The highest BCUT2D eigenvalue weighted by Crippen LogP contribution is 2.36. The molecule has 3 heterocycles. The summed E-state index contributed by atoms with van der Waals surface area (Å²) in [6, 6.07) is 8.78. The van der Waals surface area contributed by atoms with Crippen molar-refractivity contribution in [1.29, 1.82) is 0 Å². The smallest absolute Gasteiger partial charge is 0.270 e. The van der Waals surface area contributed by atoms with E-state index in [1.54, 1.807) is 25.2 Å². The van der Waals surface area contributed by atoms with Crippen LogP contribution in [0.1, 0.15) is 22.7 Å². The first kappa shape index (κ1) is 18.1. The lowest BCUT2D eigenvalue weighted by atomic mass is 9.98. The van der Waals surface area contributed by atoms with Crippen molar-refractivity contribution in [2.75, 3.05) is 19.3 Å². The van der Waals surface area contributed by atoms with E-state index in [9.17, 15) is 14.7 Å². The molecule has 1 aromatic carbocycles. The van der Waals surface area contributed by atoms with E-state index in [1.165, 1.54) is 4.90 Å². The number of anilines is 1. The van der Waals surface area contributed by atoms with Crippen molar-refractivity contribution >= 4 is 28.2 Å². The van der Waals surface area contributed by atoms with E-state index in [0.29, 0.717) is 22.8 Å². The summed E-state index contributed by atoms with van der Waals surface area (Å²) in [6.45, 7) is 0.439. The van der Waals surface area contributed by atoms with Crippen LogP contribution in [0, 0.1) is 0 Å². The maximum Gasteiger partial charge on any atom is 0.270 e. The molecule has 3 aromatic rings. The van der Waals surface area contributed by atoms with Gasteiger partial charge in [-0.2, -0.15) is 0 Å². The van der Waals surface area contributed by atoms with Gasteiger partial charge in [0.15, 0.2) is 11.5 Å². The summed E-state index contributed by atoms with van der Waals surface area (Å²) in [7, 11) is 1.63. The van der Waals surface area contributed by atoms with Crippen LogP contribution < -0.4 is 11.5 Å². The molecule has 1 aliphatic heterocycles. The number of hydrogen-bond acceptors (Lipinski definition) is 8. The first-order valence-electron chi connectivity index (χ1n) is 8.41. The fourth-order valence-corrected chi connectivity index (χ4v) is 3.96. The predicted molar refractivity (Wildman–Crippen MR) is 102 cm³/mol. The number of primary amides is 1. The third-order valence-corrected chi connectivity index (χ3v) is 5.65. The molecule has 0 bridgehead atoms. The standard InChI is InChI=1S/C18H17N5O4S/c1-23-6-5-18(26,17(23)25)12-8-11(22-27-12)9-3-2-4-10(7-9)16-21-13(14(19)24)15(20)28-16/h2-4,7-8,26H,5-6,20H2,1H3,(H2,19,24). The molecule has 5 N–H and O–H groups in total. The quantitative estimate of drug-likeness (QED) is 0.597. The first-order chi connectivity index (χ1) is 13.3. The Morgan fingerprint density at radius 1 is 1.36 bits per heavy atom. The van der Waals surface area contributed by atoms with Gasteiger partial charge in [0.05, 0.1) is 0 Å². The van der Waals surface area contributed by atoms with Crippen LogP contribution in [0.25, 0.3) is 21.8 Å². The predicted octanol–water partition coefficient (Wildman–Crippen LogP) is 1.20. The van der Waals surface area contributed by atoms with E-state index >= 15 is 0 Å². The van der Waals surface area contributed by atoms with Gasteiger partial charge in [0.2, 0.25) is 5.60 Å². The van der Waals surface area contributed by atoms with Crippen LogP contribution in [-0.2, 0) is 10.4 Å². The molecule has 1 atom stereocenters. The zero-order valence-electron chi connectivity index (χ0n) is 14.9. The van der Waals surface area contributed by atoms with Crippen molar-refractivity contribution in [3.8, 4) is 21.8 Å². The molecule has 0 saturated carbocycles. The molecule has 1 aliphatic rings. The summed E-state index contributed by atoms with van der Waals surface area (Å²) < 4.78 is 5.28. The fraction of sp³-hybridized carbons (Fsp3) is 0.222. The number of hydrogen-bond donors (Lipinski definition) is 3. The molecule has 2 amide bonds. The van der Waals surface area contributed by atoms with Crippen LogP contribution in [-0.4, -0.2) is 45.6 Å². The van der Waals surface area contributed by atoms with Gasteiger partial charge in [-0.05, 0) is 6.07 Å². The summed E-state index contributed by atoms with van der Waals surface area (Å²) in [5, 5.41) is 15.5. The van der Waals surface area contributed by atoms with Crippen molar-refractivity contribution in [1.82, 2.24) is 15.0 Å².